The molecule has 0 radical (unpaired) electrons. The topological polar surface area (TPSA) is 3.24 Å². The Morgan fingerprint density at radius 1 is 1.05 bits per heavy atom. The lowest BCUT2D eigenvalue weighted by Gasteiger charge is -2.43. The van der Waals surface area contributed by atoms with E-state index in [9.17, 15) is 0 Å². The van der Waals surface area contributed by atoms with Gasteiger partial charge in [0.1, 0.15) is 0 Å². The van der Waals surface area contributed by atoms with Gasteiger partial charge in [-0.25, -0.2) is 0 Å². The second-order valence-electron chi connectivity index (χ2n) is 5.78. The molecule has 0 atom stereocenters. The Morgan fingerprint density at radius 3 is 2.21 bits per heavy atom. The zero-order valence-electron chi connectivity index (χ0n) is 11.9. The smallest absolute Gasteiger partial charge is 0.0618 e. The molecule has 1 saturated carbocycles. The van der Waals surface area contributed by atoms with Gasteiger partial charge in [-0.05, 0) is 50.7 Å². The summed E-state index contributed by atoms with van der Waals surface area (Å²) in [4.78, 5) is 2.58. The standard InChI is InChI=1S/C17H26ClN/c1-15(14-18)19(17-12-8-5-9-13-17)16-10-6-3-2-4-7-11-16/h3-4,16-17H,1,5-14H2. The normalized spacial score (nSPS) is 24.8. The van der Waals surface area contributed by atoms with Gasteiger partial charge in [0.15, 0.2) is 0 Å². The van der Waals surface area contributed by atoms with Crippen LogP contribution in [0, 0.1) is 0 Å². The van der Waals surface area contributed by atoms with Crippen LogP contribution in [0.2, 0.25) is 0 Å². The van der Waals surface area contributed by atoms with Crippen molar-refractivity contribution in [1.82, 2.24) is 4.90 Å². The average molecular weight is 280 g/mol. The third-order valence-electron chi connectivity index (χ3n) is 4.41. The van der Waals surface area contributed by atoms with Gasteiger partial charge in [0, 0.05) is 17.8 Å². The quantitative estimate of drug-likeness (QED) is 0.515. The van der Waals surface area contributed by atoms with E-state index in [2.05, 4.69) is 29.4 Å². The minimum absolute atomic E-state index is 0.568. The second kappa shape index (κ2) is 7.82. The zero-order chi connectivity index (χ0) is 13.5. The fourth-order valence-electron chi connectivity index (χ4n) is 3.47. The Balaban J connectivity index is 2.07. The van der Waals surface area contributed by atoms with Crippen molar-refractivity contribution >= 4 is 11.6 Å². The largest absolute Gasteiger partial charge is 0.368 e. The van der Waals surface area contributed by atoms with Crippen molar-refractivity contribution in [1.29, 1.82) is 0 Å². The maximum Gasteiger partial charge on any atom is 0.0618 e. The molecule has 0 saturated heterocycles. The predicted octanol–water partition coefficient (Wildman–Crippen LogP) is 5.03. The number of halogens is 1. The Bertz CT molecular complexity index is 336. The van der Waals surface area contributed by atoms with Gasteiger partial charge in [0.25, 0.3) is 0 Å². The van der Waals surface area contributed by atoms with Crippen molar-refractivity contribution < 1.29 is 0 Å². The summed E-state index contributed by atoms with van der Waals surface area (Å²) in [5.41, 5.74) is 4.38. The Hall–Kier alpha value is -0.650. The molecule has 0 aromatic heterocycles. The first kappa shape index (κ1) is 14.8. The third kappa shape index (κ3) is 4.16. The lowest BCUT2D eigenvalue weighted by molar-refractivity contribution is 0.135. The van der Waals surface area contributed by atoms with Crippen molar-refractivity contribution in [2.45, 2.75) is 69.9 Å². The lowest BCUT2D eigenvalue weighted by atomic mass is 9.90. The van der Waals surface area contributed by atoms with Crippen LogP contribution in [0.15, 0.2) is 30.2 Å². The summed E-state index contributed by atoms with van der Waals surface area (Å²) in [7, 11) is 0. The van der Waals surface area contributed by atoms with Gasteiger partial charge in [-0.15, -0.1) is 17.3 Å². The van der Waals surface area contributed by atoms with Gasteiger partial charge in [0.05, 0.1) is 5.88 Å². The first-order valence-electron chi connectivity index (χ1n) is 7.74. The molecule has 19 heavy (non-hydrogen) atoms. The molecule has 2 heteroatoms. The van der Waals surface area contributed by atoms with Gasteiger partial charge in [0.2, 0.25) is 0 Å². The van der Waals surface area contributed by atoms with Crippen LogP contribution in [0.3, 0.4) is 0 Å². The van der Waals surface area contributed by atoms with Crippen LogP contribution < -0.4 is 0 Å². The summed E-state index contributed by atoms with van der Waals surface area (Å²) in [6, 6.07) is 1.29. The van der Waals surface area contributed by atoms with E-state index in [4.69, 9.17) is 11.6 Å². The monoisotopic (exact) mass is 279 g/mol. The summed E-state index contributed by atoms with van der Waals surface area (Å²) in [6.45, 7) is 4.24. The average Bonchev–Trinajstić information content (AvgIpc) is 2.42. The lowest BCUT2D eigenvalue weighted by Crippen LogP contribution is -2.43. The minimum Gasteiger partial charge on any atom is -0.368 e. The van der Waals surface area contributed by atoms with Crippen LogP contribution >= 0.6 is 11.6 Å². The van der Waals surface area contributed by atoms with E-state index >= 15 is 0 Å². The highest BCUT2D eigenvalue weighted by atomic mass is 35.5. The van der Waals surface area contributed by atoms with E-state index in [1.165, 1.54) is 44.9 Å². The Kier molecular flexibility index (Phi) is 6.07. The van der Waals surface area contributed by atoms with Crippen LogP contribution in [0.25, 0.3) is 0 Å². The second-order valence-corrected chi connectivity index (χ2v) is 6.05. The molecule has 0 bridgehead atoms. The molecule has 2 aliphatic rings. The van der Waals surface area contributed by atoms with Crippen LogP contribution in [0.5, 0.6) is 0 Å². The number of hydrogen-bond donors (Lipinski definition) is 0. The molecule has 1 nitrogen and oxygen atoms in total. The molecule has 0 amide bonds. The molecule has 2 rings (SSSR count). The molecular weight excluding hydrogens is 254 g/mol. The fraction of sp³-hybridized carbons (Fsp3) is 0.706. The fourth-order valence-corrected chi connectivity index (χ4v) is 3.60. The first-order chi connectivity index (χ1) is 9.33. The molecule has 0 unspecified atom stereocenters. The maximum atomic E-state index is 6.09. The number of allylic oxidation sites excluding steroid dienone is 2. The van der Waals surface area contributed by atoms with Crippen LogP contribution in [-0.4, -0.2) is 22.9 Å². The van der Waals surface area contributed by atoms with Gasteiger partial charge >= 0.3 is 0 Å². The molecular formula is C17H26ClN. The number of alkyl halides is 1. The summed E-state index contributed by atoms with van der Waals surface area (Å²) in [5, 5.41) is 0. The van der Waals surface area contributed by atoms with Crippen LogP contribution in [0.4, 0.5) is 0 Å². The van der Waals surface area contributed by atoms with Crippen LogP contribution in [0.1, 0.15) is 57.8 Å². The molecule has 0 heterocycles. The van der Waals surface area contributed by atoms with Crippen LogP contribution in [-0.2, 0) is 0 Å². The molecule has 0 aliphatic heterocycles. The number of hydrogen-bond acceptors (Lipinski definition) is 1. The van der Waals surface area contributed by atoms with E-state index in [1.807, 2.05) is 0 Å². The van der Waals surface area contributed by atoms with Crippen molar-refractivity contribution in [2.24, 2.45) is 0 Å². The van der Waals surface area contributed by atoms with E-state index in [1.54, 1.807) is 0 Å². The molecule has 0 aromatic rings. The van der Waals surface area contributed by atoms with Gasteiger partial charge in [-0.2, -0.15) is 0 Å². The highest BCUT2D eigenvalue weighted by Crippen LogP contribution is 2.30. The molecule has 2 aliphatic carbocycles. The van der Waals surface area contributed by atoms with Gasteiger partial charge < -0.3 is 4.90 Å². The molecule has 1 fully saturated rings. The third-order valence-corrected chi connectivity index (χ3v) is 4.71. The maximum absolute atomic E-state index is 6.09. The van der Waals surface area contributed by atoms with E-state index in [0.29, 0.717) is 18.0 Å². The highest BCUT2D eigenvalue weighted by Gasteiger charge is 2.27. The van der Waals surface area contributed by atoms with Crippen molar-refractivity contribution in [2.75, 3.05) is 5.88 Å². The minimum atomic E-state index is 0.568. The SMILES string of the molecule is C=C(CCl)N(C1CCC=C=CCC1)C1CCCCC1. The molecule has 106 valence electrons. The highest BCUT2D eigenvalue weighted by molar-refractivity contribution is 6.19. The first-order valence-corrected chi connectivity index (χ1v) is 8.28. The summed E-state index contributed by atoms with van der Waals surface area (Å²) >= 11 is 6.09. The molecule has 0 N–H and O–H groups in total. The summed E-state index contributed by atoms with van der Waals surface area (Å²) in [5.74, 6) is 0.568. The Morgan fingerprint density at radius 2 is 1.63 bits per heavy atom. The van der Waals surface area contributed by atoms with Crippen molar-refractivity contribution in [3.63, 3.8) is 0 Å². The number of rotatable bonds is 4. The summed E-state index contributed by atoms with van der Waals surface area (Å²) in [6.07, 6.45) is 15.8. The van der Waals surface area contributed by atoms with E-state index in [0.717, 1.165) is 18.5 Å². The summed E-state index contributed by atoms with van der Waals surface area (Å²) < 4.78 is 0. The van der Waals surface area contributed by atoms with E-state index < -0.39 is 0 Å². The number of nitrogens with zero attached hydrogens (tertiary/aromatic N) is 1. The Labute approximate surface area is 123 Å². The molecule has 0 aromatic carbocycles. The van der Waals surface area contributed by atoms with Gasteiger partial charge in [-0.1, -0.05) is 25.8 Å². The van der Waals surface area contributed by atoms with E-state index in [-0.39, 0.29) is 0 Å². The molecule has 0 spiro atoms. The van der Waals surface area contributed by atoms with Crippen molar-refractivity contribution in [3.8, 4) is 0 Å². The zero-order valence-corrected chi connectivity index (χ0v) is 12.7. The van der Waals surface area contributed by atoms with Crippen molar-refractivity contribution in [3.05, 3.63) is 30.2 Å². The predicted molar refractivity (Wildman–Crippen MR) is 83.5 cm³/mol. The van der Waals surface area contributed by atoms with Gasteiger partial charge in [-0.3, -0.25) is 0 Å².